The van der Waals surface area contributed by atoms with E-state index >= 15 is 0 Å². The van der Waals surface area contributed by atoms with Gasteiger partial charge in [-0.15, -0.1) is 0 Å². The van der Waals surface area contributed by atoms with Crippen LogP contribution in [0.15, 0.2) is 53.3 Å². The molecule has 1 amide bonds. The van der Waals surface area contributed by atoms with Gasteiger partial charge in [-0.05, 0) is 31.2 Å². The molecule has 8 heteroatoms. The molecule has 1 aliphatic heterocycles. The van der Waals surface area contributed by atoms with E-state index in [9.17, 15) is 9.18 Å². The number of aryl methyl sites for hydroxylation is 1. The lowest BCUT2D eigenvalue weighted by atomic mass is 10.1. The van der Waals surface area contributed by atoms with Crippen LogP contribution in [0.25, 0.3) is 11.3 Å². The molecule has 1 fully saturated rings. The normalized spacial score (nSPS) is 14.7. The summed E-state index contributed by atoms with van der Waals surface area (Å²) >= 11 is 0. The number of benzene rings is 1. The summed E-state index contributed by atoms with van der Waals surface area (Å²) in [5, 5.41) is 7.00. The summed E-state index contributed by atoms with van der Waals surface area (Å²) in [5.74, 6) is 0.0932. The molecule has 0 atom stereocenters. The van der Waals surface area contributed by atoms with Crippen LogP contribution in [0, 0.1) is 12.7 Å². The van der Waals surface area contributed by atoms with Crippen molar-refractivity contribution >= 4 is 11.6 Å². The molecule has 0 saturated carbocycles. The van der Waals surface area contributed by atoms with E-state index in [4.69, 9.17) is 4.52 Å². The van der Waals surface area contributed by atoms with Gasteiger partial charge >= 0.3 is 0 Å². The minimum atomic E-state index is -0.203. The predicted octanol–water partition coefficient (Wildman–Crippen LogP) is 2.74. The standard InChI is InChI=1S/C22H24FN5O2/c1-16-20(21(26-30-16)17-6-8-24-9-7-17)22(29)25-10-11-27-12-14-28(15-13-27)19-5-3-2-4-18(19)23/h2-9H,10-15H2,1H3,(H,25,29). The van der Waals surface area contributed by atoms with Crippen molar-refractivity contribution < 1.29 is 13.7 Å². The Bertz CT molecular complexity index is 1000. The molecule has 0 radical (unpaired) electrons. The topological polar surface area (TPSA) is 74.5 Å². The van der Waals surface area contributed by atoms with Crippen molar-refractivity contribution in [3.8, 4) is 11.3 Å². The SMILES string of the molecule is Cc1onc(-c2ccncc2)c1C(=O)NCCN1CCN(c2ccccc2F)CC1. The molecule has 3 aromatic rings. The Morgan fingerprint density at radius 3 is 2.60 bits per heavy atom. The minimum Gasteiger partial charge on any atom is -0.367 e. The number of halogens is 1. The maximum atomic E-state index is 14.0. The van der Waals surface area contributed by atoms with Crippen molar-refractivity contribution in [1.82, 2.24) is 20.4 Å². The van der Waals surface area contributed by atoms with Gasteiger partial charge in [0.15, 0.2) is 0 Å². The third-order valence-corrected chi connectivity index (χ3v) is 5.32. The molecule has 2 aromatic heterocycles. The van der Waals surface area contributed by atoms with Crippen molar-refractivity contribution in [2.24, 2.45) is 0 Å². The van der Waals surface area contributed by atoms with Crippen LogP contribution < -0.4 is 10.2 Å². The average Bonchev–Trinajstić information content (AvgIpc) is 3.17. The largest absolute Gasteiger partial charge is 0.367 e. The number of para-hydroxylation sites is 1. The summed E-state index contributed by atoms with van der Waals surface area (Å²) in [4.78, 5) is 21.1. The number of aromatic nitrogens is 2. The fourth-order valence-electron chi connectivity index (χ4n) is 3.68. The van der Waals surface area contributed by atoms with Crippen molar-refractivity contribution in [3.63, 3.8) is 0 Å². The number of piperazine rings is 1. The van der Waals surface area contributed by atoms with E-state index in [1.165, 1.54) is 6.07 Å². The lowest BCUT2D eigenvalue weighted by Crippen LogP contribution is -2.48. The Balaban J connectivity index is 1.29. The van der Waals surface area contributed by atoms with E-state index in [2.05, 4.69) is 25.3 Å². The third-order valence-electron chi connectivity index (χ3n) is 5.32. The van der Waals surface area contributed by atoms with Crippen molar-refractivity contribution in [2.45, 2.75) is 6.92 Å². The van der Waals surface area contributed by atoms with Crippen LogP contribution in [-0.4, -0.2) is 60.2 Å². The molecule has 0 bridgehead atoms. The predicted molar refractivity (Wildman–Crippen MR) is 112 cm³/mol. The van der Waals surface area contributed by atoms with Crippen LogP contribution in [0.4, 0.5) is 10.1 Å². The Morgan fingerprint density at radius 1 is 1.13 bits per heavy atom. The fraction of sp³-hybridized carbons (Fsp3) is 0.318. The Kier molecular flexibility index (Phi) is 6.04. The van der Waals surface area contributed by atoms with Gasteiger partial charge < -0.3 is 14.7 Å². The molecule has 0 spiro atoms. The summed E-state index contributed by atoms with van der Waals surface area (Å²) in [6.45, 7) is 6.12. The van der Waals surface area contributed by atoms with Gasteiger partial charge in [-0.25, -0.2) is 4.39 Å². The highest BCUT2D eigenvalue weighted by Gasteiger charge is 2.22. The zero-order valence-electron chi connectivity index (χ0n) is 16.8. The lowest BCUT2D eigenvalue weighted by molar-refractivity contribution is 0.0946. The molecule has 0 unspecified atom stereocenters. The summed E-state index contributed by atoms with van der Waals surface area (Å²) in [6, 6.07) is 10.5. The van der Waals surface area contributed by atoms with Gasteiger partial charge in [0, 0.05) is 57.2 Å². The summed E-state index contributed by atoms with van der Waals surface area (Å²) in [7, 11) is 0. The number of anilines is 1. The average molecular weight is 409 g/mol. The summed E-state index contributed by atoms with van der Waals surface area (Å²) in [5.41, 5.74) is 2.41. The summed E-state index contributed by atoms with van der Waals surface area (Å²) in [6.07, 6.45) is 3.31. The van der Waals surface area contributed by atoms with Gasteiger partial charge in [0.1, 0.15) is 22.8 Å². The zero-order chi connectivity index (χ0) is 20.9. The van der Waals surface area contributed by atoms with Gasteiger partial charge in [0.25, 0.3) is 5.91 Å². The molecule has 4 rings (SSSR count). The van der Waals surface area contributed by atoms with Crippen LogP contribution in [-0.2, 0) is 0 Å². The first-order valence-corrected chi connectivity index (χ1v) is 10.00. The van der Waals surface area contributed by atoms with E-state index in [0.717, 1.165) is 38.3 Å². The number of carbonyl (C=O) groups is 1. The number of hydrogen-bond donors (Lipinski definition) is 1. The third kappa shape index (κ3) is 4.33. The number of nitrogens with zero attached hydrogens (tertiary/aromatic N) is 4. The van der Waals surface area contributed by atoms with Crippen LogP contribution in [0.3, 0.4) is 0 Å². The van der Waals surface area contributed by atoms with E-state index in [1.54, 1.807) is 37.5 Å². The Labute approximate surface area is 174 Å². The van der Waals surface area contributed by atoms with Crippen molar-refractivity contribution in [2.75, 3.05) is 44.2 Å². The van der Waals surface area contributed by atoms with Crippen LogP contribution in [0.5, 0.6) is 0 Å². The maximum Gasteiger partial charge on any atom is 0.257 e. The van der Waals surface area contributed by atoms with E-state index in [-0.39, 0.29) is 11.7 Å². The molecule has 1 aromatic carbocycles. The van der Waals surface area contributed by atoms with Crippen molar-refractivity contribution in [3.05, 3.63) is 65.9 Å². The lowest BCUT2D eigenvalue weighted by Gasteiger charge is -2.36. The van der Waals surface area contributed by atoms with Gasteiger partial charge in [0.2, 0.25) is 0 Å². The molecule has 1 saturated heterocycles. The van der Waals surface area contributed by atoms with Gasteiger partial charge in [-0.3, -0.25) is 14.7 Å². The highest BCUT2D eigenvalue weighted by atomic mass is 19.1. The quantitative estimate of drug-likeness (QED) is 0.675. The molecular weight excluding hydrogens is 385 g/mol. The molecule has 7 nitrogen and oxygen atoms in total. The number of amides is 1. The highest BCUT2D eigenvalue weighted by molar-refractivity contribution is 6.00. The number of hydrogen-bond acceptors (Lipinski definition) is 6. The molecule has 0 aliphatic carbocycles. The van der Waals surface area contributed by atoms with Gasteiger partial charge in [-0.1, -0.05) is 17.3 Å². The number of rotatable bonds is 6. The first-order chi connectivity index (χ1) is 14.6. The zero-order valence-corrected chi connectivity index (χ0v) is 16.8. The molecule has 156 valence electrons. The second-order valence-corrected chi connectivity index (χ2v) is 7.23. The minimum absolute atomic E-state index is 0.188. The summed E-state index contributed by atoms with van der Waals surface area (Å²) < 4.78 is 19.2. The van der Waals surface area contributed by atoms with Crippen LogP contribution >= 0.6 is 0 Å². The Morgan fingerprint density at radius 2 is 1.87 bits per heavy atom. The molecular formula is C22H24FN5O2. The second kappa shape index (κ2) is 9.04. The van der Waals surface area contributed by atoms with Crippen LogP contribution in [0.2, 0.25) is 0 Å². The molecule has 1 aliphatic rings. The van der Waals surface area contributed by atoms with E-state index in [1.807, 2.05) is 12.1 Å². The maximum absolute atomic E-state index is 14.0. The van der Waals surface area contributed by atoms with Gasteiger partial charge in [0.05, 0.1) is 5.69 Å². The monoisotopic (exact) mass is 409 g/mol. The van der Waals surface area contributed by atoms with Gasteiger partial charge in [-0.2, -0.15) is 0 Å². The smallest absolute Gasteiger partial charge is 0.257 e. The fourth-order valence-corrected chi connectivity index (χ4v) is 3.68. The van der Waals surface area contributed by atoms with Crippen molar-refractivity contribution in [1.29, 1.82) is 0 Å². The van der Waals surface area contributed by atoms with E-state index in [0.29, 0.717) is 29.2 Å². The number of carbonyl (C=O) groups excluding carboxylic acids is 1. The molecule has 3 heterocycles. The number of pyridine rings is 1. The van der Waals surface area contributed by atoms with Crippen LogP contribution in [0.1, 0.15) is 16.1 Å². The first kappa shape index (κ1) is 20.0. The highest BCUT2D eigenvalue weighted by Crippen LogP contribution is 2.24. The first-order valence-electron chi connectivity index (χ1n) is 10.00. The Hall–Kier alpha value is -3.26. The number of nitrogens with one attached hydrogen (secondary N) is 1. The molecule has 1 N–H and O–H groups in total. The second-order valence-electron chi connectivity index (χ2n) is 7.23. The molecule has 30 heavy (non-hydrogen) atoms. The van der Waals surface area contributed by atoms with E-state index < -0.39 is 0 Å².